The van der Waals surface area contributed by atoms with Gasteiger partial charge in [0.15, 0.2) is 6.73 Å². The first-order valence-corrected chi connectivity index (χ1v) is 5.62. The van der Waals surface area contributed by atoms with Gasteiger partial charge in [-0.1, -0.05) is 0 Å². The molecule has 6 heteroatoms. The van der Waals surface area contributed by atoms with Crippen LogP contribution < -0.4 is 0 Å². The fourth-order valence-electron chi connectivity index (χ4n) is 1.92. The van der Waals surface area contributed by atoms with Crippen molar-refractivity contribution in [3.63, 3.8) is 0 Å². The average Bonchev–Trinajstić information content (AvgIpc) is 2.33. The molecule has 1 saturated heterocycles. The lowest BCUT2D eigenvalue weighted by Gasteiger charge is -2.38. The van der Waals surface area contributed by atoms with Gasteiger partial charge < -0.3 is 9.29 Å². The molecular weight excluding hydrogens is 194 g/mol. The van der Waals surface area contributed by atoms with Crippen molar-refractivity contribution in [1.82, 2.24) is 0 Å². The second-order valence-corrected chi connectivity index (χ2v) is 5.10. The van der Waals surface area contributed by atoms with Crippen molar-refractivity contribution >= 4 is 10.3 Å². The fourth-order valence-corrected chi connectivity index (χ4v) is 3.05. The molecule has 0 aliphatic carbocycles. The maximum Gasteiger partial charge on any atom is 0.256 e. The van der Waals surface area contributed by atoms with Gasteiger partial charge in [0.05, 0.1) is 6.54 Å². The lowest BCUT2D eigenvalue weighted by Crippen LogP contribution is -2.55. The molecule has 0 spiro atoms. The van der Waals surface area contributed by atoms with E-state index in [0.29, 0.717) is 6.54 Å². The van der Waals surface area contributed by atoms with Crippen molar-refractivity contribution in [1.29, 1.82) is 0 Å². The van der Waals surface area contributed by atoms with Crippen LogP contribution in [0.5, 0.6) is 0 Å². The Morgan fingerprint density at radius 1 is 1.62 bits per heavy atom. The van der Waals surface area contributed by atoms with Crippen LogP contribution in [0.3, 0.4) is 0 Å². The van der Waals surface area contributed by atoms with Crippen LogP contribution in [0.25, 0.3) is 0 Å². The molecule has 0 aromatic carbocycles. The van der Waals surface area contributed by atoms with Gasteiger partial charge in [0.1, 0.15) is 6.04 Å². The van der Waals surface area contributed by atoms with Crippen molar-refractivity contribution in [2.75, 3.05) is 20.4 Å². The lowest BCUT2D eigenvalue weighted by atomic mass is 10.2. The van der Waals surface area contributed by atoms with Gasteiger partial charge in [-0.25, -0.2) is 3.89 Å². The Kier molecular flexibility index (Phi) is 2.96. The molecule has 0 radical (unpaired) electrons. The number of rotatable bonds is 3. The van der Waals surface area contributed by atoms with Crippen LogP contribution in [0, 0.1) is 0 Å². The summed E-state index contributed by atoms with van der Waals surface area (Å²) in [5.74, 6) is 0. The molecule has 1 heterocycles. The Balaban J connectivity index is 3.01. The topological polar surface area (TPSA) is 66.4 Å². The molecule has 0 N–H and O–H groups in total. The zero-order chi connectivity index (χ0) is 10.1. The second kappa shape index (κ2) is 3.53. The molecule has 1 rings (SSSR count). The highest BCUT2D eigenvalue weighted by molar-refractivity contribution is 7.80. The molecule has 78 valence electrons. The van der Waals surface area contributed by atoms with E-state index >= 15 is 0 Å². The first kappa shape index (κ1) is 10.9. The molecule has 0 aromatic rings. The van der Waals surface area contributed by atoms with E-state index < -0.39 is 14.2 Å². The summed E-state index contributed by atoms with van der Waals surface area (Å²) in [7, 11) is -2.90. The minimum absolute atomic E-state index is 0.0347. The van der Waals surface area contributed by atoms with Crippen molar-refractivity contribution < 1.29 is 21.6 Å². The fraction of sp³-hybridized carbons (Fsp3) is 1.00. The maximum atomic E-state index is 11.1. The molecule has 5 nitrogen and oxygen atoms in total. The zero-order valence-corrected chi connectivity index (χ0v) is 8.71. The van der Waals surface area contributed by atoms with E-state index in [2.05, 4.69) is 0 Å². The summed E-state index contributed by atoms with van der Waals surface area (Å²) in [5, 5.41) is 0. The molecule has 13 heavy (non-hydrogen) atoms. The largest absolute Gasteiger partial charge is 0.701 e. The molecule has 0 bridgehead atoms. The summed E-state index contributed by atoms with van der Waals surface area (Å²) >= 11 is 0. The molecule has 2 unspecified atom stereocenters. The zero-order valence-electron chi connectivity index (χ0n) is 7.89. The van der Waals surface area contributed by atoms with Crippen LogP contribution in [0.4, 0.5) is 0 Å². The summed E-state index contributed by atoms with van der Waals surface area (Å²) in [6, 6.07) is -0.151. The SMILES string of the molecule is COC[N+]1(S(=O)(=O)[O-])CCCC1C. The quantitative estimate of drug-likeness (QED) is 0.486. The molecule has 1 aliphatic heterocycles. The van der Waals surface area contributed by atoms with Crippen molar-refractivity contribution in [2.24, 2.45) is 0 Å². The maximum absolute atomic E-state index is 11.1. The summed E-state index contributed by atoms with van der Waals surface area (Å²) in [6.45, 7) is 2.12. The Labute approximate surface area is 78.8 Å². The van der Waals surface area contributed by atoms with Crippen molar-refractivity contribution in [2.45, 2.75) is 25.8 Å². The first-order chi connectivity index (χ1) is 5.94. The highest BCUT2D eigenvalue weighted by Crippen LogP contribution is 2.30. The molecule has 1 aliphatic rings. The summed E-state index contributed by atoms with van der Waals surface area (Å²) in [5.41, 5.74) is 0. The number of hydrogen-bond donors (Lipinski definition) is 0. The van der Waals surface area contributed by atoms with Crippen LogP contribution in [0.15, 0.2) is 0 Å². The molecule has 2 atom stereocenters. The van der Waals surface area contributed by atoms with E-state index in [1.165, 1.54) is 7.11 Å². The van der Waals surface area contributed by atoms with Gasteiger partial charge in [0.2, 0.25) is 0 Å². The number of quaternary nitrogens is 1. The monoisotopic (exact) mass is 209 g/mol. The normalized spacial score (nSPS) is 35.2. The minimum Gasteiger partial charge on any atom is -0.701 e. The summed E-state index contributed by atoms with van der Waals surface area (Å²) < 4.78 is 37.6. The molecule has 1 fully saturated rings. The van der Waals surface area contributed by atoms with Gasteiger partial charge in [-0.3, -0.25) is 0 Å². The third kappa shape index (κ3) is 1.71. The van der Waals surface area contributed by atoms with Gasteiger partial charge in [-0.15, -0.1) is 0 Å². The van der Waals surface area contributed by atoms with Gasteiger partial charge in [-0.2, -0.15) is 8.42 Å². The average molecular weight is 209 g/mol. The molecule has 0 aromatic heterocycles. The number of likely N-dealkylation sites (tertiary alicyclic amines) is 1. The third-order valence-corrected chi connectivity index (χ3v) is 4.29. The summed E-state index contributed by atoms with van der Waals surface area (Å²) in [4.78, 5) is 0. The molecule has 0 amide bonds. The Hall–Kier alpha value is -0.170. The molecular formula is C7H15NO4S. The van der Waals surface area contributed by atoms with E-state index in [4.69, 9.17) is 4.74 Å². The van der Waals surface area contributed by atoms with Crippen LogP contribution in [0.1, 0.15) is 19.8 Å². The van der Waals surface area contributed by atoms with Crippen LogP contribution in [-0.2, 0) is 15.0 Å². The second-order valence-electron chi connectivity index (χ2n) is 3.51. The predicted octanol–water partition coefficient (Wildman–Crippen LogP) is 0.0496. The Bertz CT molecular complexity index is 276. The highest BCUT2D eigenvalue weighted by atomic mass is 32.2. The van der Waals surface area contributed by atoms with Gasteiger partial charge in [0.25, 0.3) is 10.3 Å². The Morgan fingerprint density at radius 2 is 2.23 bits per heavy atom. The van der Waals surface area contributed by atoms with Gasteiger partial charge in [-0.05, 0) is 6.92 Å². The number of hydrogen-bond acceptors (Lipinski definition) is 4. The van der Waals surface area contributed by atoms with E-state index in [1.54, 1.807) is 6.92 Å². The first-order valence-electron chi connectivity index (χ1n) is 4.26. The smallest absolute Gasteiger partial charge is 0.256 e. The molecule has 0 saturated carbocycles. The van der Waals surface area contributed by atoms with Crippen LogP contribution in [-0.4, -0.2) is 43.3 Å². The minimum atomic E-state index is -4.31. The van der Waals surface area contributed by atoms with Gasteiger partial charge in [0, 0.05) is 20.0 Å². The third-order valence-electron chi connectivity index (χ3n) is 2.75. The predicted molar refractivity (Wildman–Crippen MR) is 45.4 cm³/mol. The number of ether oxygens (including phenoxy) is 1. The lowest BCUT2D eigenvalue weighted by molar-refractivity contribution is -0.842. The van der Waals surface area contributed by atoms with E-state index in [0.717, 1.165) is 12.8 Å². The van der Waals surface area contributed by atoms with Crippen molar-refractivity contribution in [3.8, 4) is 0 Å². The van der Waals surface area contributed by atoms with Crippen LogP contribution in [0.2, 0.25) is 0 Å². The standard InChI is InChI=1S/C7H15NO4S/c1-7-4-3-5-8(7,6-12-2)13(9,10)11/h7H,3-6H2,1-2H3. The van der Waals surface area contributed by atoms with Crippen LogP contribution >= 0.6 is 0 Å². The number of methoxy groups -OCH3 is 1. The van der Waals surface area contributed by atoms with E-state index in [-0.39, 0.29) is 12.8 Å². The highest BCUT2D eigenvalue weighted by Gasteiger charge is 2.44. The van der Waals surface area contributed by atoms with E-state index in [1.807, 2.05) is 0 Å². The van der Waals surface area contributed by atoms with Crippen molar-refractivity contribution in [3.05, 3.63) is 0 Å². The Morgan fingerprint density at radius 3 is 2.54 bits per heavy atom. The number of nitrogens with zero attached hydrogens (tertiary/aromatic N) is 1. The summed E-state index contributed by atoms with van der Waals surface area (Å²) in [6.07, 6.45) is 1.54. The van der Waals surface area contributed by atoms with Gasteiger partial charge >= 0.3 is 0 Å². The van der Waals surface area contributed by atoms with E-state index in [9.17, 15) is 13.0 Å².